The lowest BCUT2D eigenvalue weighted by Gasteiger charge is -2.27. The Hall–Kier alpha value is -1.15. The van der Waals surface area contributed by atoms with Crippen LogP contribution in [-0.2, 0) is 11.3 Å². The number of carbonyl (C=O) groups excluding carboxylic acids is 1. The standard InChI is InChI=1S/C16H21NO/c1-16-10-14(8-5-9-15(16)18)17(12-16)11-13-6-3-2-4-7-13/h2-4,6-7,14H,5,8-12H2,1H3. The maximum absolute atomic E-state index is 12.2. The van der Waals surface area contributed by atoms with Crippen LogP contribution in [0.5, 0.6) is 0 Å². The van der Waals surface area contributed by atoms with Crippen molar-refractivity contribution in [1.29, 1.82) is 0 Å². The van der Waals surface area contributed by atoms with Gasteiger partial charge in [0, 0.05) is 31.0 Å². The Morgan fingerprint density at radius 3 is 2.89 bits per heavy atom. The molecule has 0 aromatic heterocycles. The van der Waals surface area contributed by atoms with Gasteiger partial charge in [-0.1, -0.05) is 37.3 Å². The molecule has 0 N–H and O–H groups in total. The number of likely N-dealkylation sites (tertiary alicyclic amines) is 1. The molecular weight excluding hydrogens is 222 g/mol. The lowest BCUT2D eigenvalue weighted by atomic mass is 9.83. The molecule has 1 aromatic rings. The molecule has 0 radical (unpaired) electrons. The number of rotatable bonds is 2. The Kier molecular flexibility index (Phi) is 2.98. The van der Waals surface area contributed by atoms with Crippen molar-refractivity contribution in [2.24, 2.45) is 5.41 Å². The number of nitrogens with zero attached hydrogens (tertiary/aromatic N) is 1. The van der Waals surface area contributed by atoms with Crippen molar-refractivity contribution in [1.82, 2.24) is 4.90 Å². The summed E-state index contributed by atoms with van der Waals surface area (Å²) in [6, 6.07) is 11.2. The SMILES string of the molecule is CC12CC(CCCC1=O)N(Cc1ccccc1)C2. The van der Waals surface area contributed by atoms with E-state index in [1.807, 2.05) is 0 Å². The average molecular weight is 243 g/mol. The molecule has 18 heavy (non-hydrogen) atoms. The summed E-state index contributed by atoms with van der Waals surface area (Å²) >= 11 is 0. The second-order valence-electron chi connectivity index (χ2n) is 6.12. The normalized spacial score (nSPS) is 32.5. The molecule has 1 aliphatic heterocycles. The molecule has 1 saturated carbocycles. The van der Waals surface area contributed by atoms with Gasteiger partial charge < -0.3 is 0 Å². The van der Waals surface area contributed by atoms with E-state index < -0.39 is 0 Å². The second kappa shape index (κ2) is 4.51. The van der Waals surface area contributed by atoms with E-state index in [9.17, 15) is 4.79 Å². The monoisotopic (exact) mass is 243 g/mol. The number of benzene rings is 1. The molecule has 2 unspecified atom stereocenters. The maximum Gasteiger partial charge on any atom is 0.140 e. The van der Waals surface area contributed by atoms with Gasteiger partial charge in [-0.05, 0) is 24.8 Å². The van der Waals surface area contributed by atoms with E-state index in [0.29, 0.717) is 11.8 Å². The van der Waals surface area contributed by atoms with E-state index >= 15 is 0 Å². The lowest BCUT2D eigenvalue weighted by molar-refractivity contribution is -0.127. The predicted octanol–water partition coefficient (Wildman–Crippen LogP) is 3.02. The van der Waals surface area contributed by atoms with Gasteiger partial charge in [-0.25, -0.2) is 0 Å². The predicted molar refractivity (Wildman–Crippen MR) is 72.2 cm³/mol. The van der Waals surface area contributed by atoms with Crippen molar-refractivity contribution in [3.63, 3.8) is 0 Å². The van der Waals surface area contributed by atoms with Crippen LogP contribution in [0.4, 0.5) is 0 Å². The maximum atomic E-state index is 12.2. The molecule has 2 nitrogen and oxygen atoms in total. The molecule has 1 aromatic carbocycles. The van der Waals surface area contributed by atoms with Crippen LogP contribution >= 0.6 is 0 Å². The van der Waals surface area contributed by atoms with Crippen LogP contribution in [0.15, 0.2) is 30.3 Å². The summed E-state index contributed by atoms with van der Waals surface area (Å²) in [6.07, 6.45) is 4.13. The van der Waals surface area contributed by atoms with Crippen molar-refractivity contribution in [2.45, 2.75) is 45.2 Å². The first-order valence-corrected chi connectivity index (χ1v) is 6.99. The van der Waals surface area contributed by atoms with Gasteiger partial charge in [0.15, 0.2) is 0 Å². The van der Waals surface area contributed by atoms with Gasteiger partial charge in [0.25, 0.3) is 0 Å². The smallest absolute Gasteiger partial charge is 0.140 e. The van der Waals surface area contributed by atoms with Gasteiger partial charge in [0.1, 0.15) is 5.78 Å². The van der Waals surface area contributed by atoms with E-state index in [1.54, 1.807) is 0 Å². The molecular formula is C16H21NO. The zero-order valence-corrected chi connectivity index (χ0v) is 11.1. The van der Waals surface area contributed by atoms with Gasteiger partial charge in [0.2, 0.25) is 0 Å². The molecule has 0 spiro atoms. The van der Waals surface area contributed by atoms with Crippen molar-refractivity contribution in [2.75, 3.05) is 6.54 Å². The number of hydrogen-bond acceptors (Lipinski definition) is 2. The molecule has 1 heterocycles. The average Bonchev–Trinajstić information content (AvgIpc) is 2.60. The van der Waals surface area contributed by atoms with Gasteiger partial charge in [-0.15, -0.1) is 0 Å². The molecule has 96 valence electrons. The Morgan fingerprint density at radius 1 is 1.33 bits per heavy atom. The van der Waals surface area contributed by atoms with Crippen molar-refractivity contribution in [3.05, 3.63) is 35.9 Å². The van der Waals surface area contributed by atoms with E-state index in [2.05, 4.69) is 42.2 Å². The Balaban J connectivity index is 1.77. The molecule has 1 saturated heterocycles. The first kappa shape index (κ1) is 11.9. The van der Waals surface area contributed by atoms with Crippen LogP contribution in [0.2, 0.25) is 0 Å². The highest BCUT2D eigenvalue weighted by molar-refractivity contribution is 5.85. The molecule has 1 aliphatic carbocycles. The number of carbonyl (C=O) groups is 1. The molecule has 3 rings (SSSR count). The number of fused-ring (bicyclic) bond motifs is 2. The van der Waals surface area contributed by atoms with Crippen LogP contribution in [0.3, 0.4) is 0 Å². The highest BCUT2D eigenvalue weighted by atomic mass is 16.1. The summed E-state index contributed by atoms with van der Waals surface area (Å²) < 4.78 is 0. The Bertz CT molecular complexity index is 442. The fraction of sp³-hybridized carbons (Fsp3) is 0.562. The molecule has 2 heteroatoms. The summed E-state index contributed by atoms with van der Waals surface area (Å²) in [5.74, 6) is 0.487. The third-order valence-corrected chi connectivity index (χ3v) is 4.60. The minimum Gasteiger partial charge on any atom is -0.299 e. The summed E-state index contributed by atoms with van der Waals surface area (Å²) in [5.41, 5.74) is 1.29. The molecule has 2 aliphatic rings. The fourth-order valence-electron chi connectivity index (χ4n) is 3.58. The minimum absolute atomic E-state index is 0.0735. The zero-order valence-electron chi connectivity index (χ0n) is 11.1. The van der Waals surface area contributed by atoms with Crippen LogP contribution in [-0.4, -0.2) is 23.3 Å². The Morgan fingerprint density at radius 2 is 2.11 bits per heavy atom. The van der Waals surface area contributed by atoms with Crippen LogP contribution < -0.4 is 0 Å². The number of ketones is 1. The minimum atomic E-state index is -0.0735. The fourth-order valence-corrected chi connectivity index (χ4v) is 3.58. The van der Waals surface area contributed by atoms with Crippen molar-refractivity contribution < 1.29 is 4.79 Å². The van der Waals surface area contributed by atoms with Crippen molar-refractivity contribution in [3.8, 4) is 0 Å². The zero-order chi connectivity index (χ0) is 12.6. The summed E-state index contributed by atoms with van der Waals surface area (Å²) in [6.45, 7) is 4.11. The second-order valence-corrected chi connectivity index (χ2v) is 6.12. The molecule has 2 atom stereocenters. The number of Topliss-reactive ketones (excluding diaryl/α,β-unsaturated/α-hetero) is 1. The van der Waals surface area contributed by atoms with Crippen LogP contribution in [0.25, 0.3) is 0 Å². The third-order valence-electron chi connectivity index (χ3n) is 4.60. The van der Waals surface area contributed by atoms with Gasteiger partial charge >= 0.3 is 0 Å². The Labute approximate surface area is 109 Å². The first-order valence-electron chi connectivity index (χ1n) is 6.99. The van der Waals surface area contributed by atoms with Gasteiger partial charge in [0.05, 0.1) is 0 Å². The van der Waals surface area contributed by atoms with Crippen LogP contribution in [0.1, 0.15) is 38.2 Å². The van der Waals surface area contributed by atoms with Crippen molar-refractivity contribution >= 4 is 5.78 Å². The van der Waals surface area contributed by atoms with Gasteiger partial charge in [-0.2, -0.15) is 0 Å². The topological polar surface area (TPSA) is 20.3 Å². The first-order chi connectivity index (χ1) is 8.67. The van der Waals surface area contributed by atoms with E-state index in [-0.39, 0.29) is 5.41 Å². The summed E-state index contributed by atoms with van der Waals surface area (Å²) in [5, 5.41) is 0. The van der Waals surface area contributed by atoms with Crippen LogP contribution in [0, 0.1) is 5.41 Å². The number of hydrogen-bond donors (Lipinski definition) is 0. The van der Waals surface area contributed by atoms with E-state index in [0.717, 1.165) is 32.4 Å². The molecule has 0 amide bonds. The van der Waals surface area contributed by atoms with Gasteiger partial charge in [-0.3, -0.25) is 9.69 Å². The summed E-state index contributed by atoms with van der Waals surface area (Å²) in [4.78, 5) is 14.7. The lowest BCUT2D eigenvalue weighted by Crippen LogP contribution is -2.34. The quantitative estimate of drug-likeness (QED) is 0.796. The van der Waals surface area contributed by atoms with E-state index in [4.69, 9.17) is 0 Å². The molecule has 2 bridgehead atoms. The largest absolute Gasteiger partial charge is 0.299 e. The third kappa shape index (κ3) is 2.10. The summed E-state index contributed by atoms with van der Waals surface area (Å²) in [7, 11) is 0. The molecule has 2 fully saturated rings. The highest BCUT2D eigenvalue weighted by Gasteiger charge is 2.46. The van der Waals surface area contributed by atoms with E-state index in [1.165, 1.54) is 12.0 Å². The highest BCUT2D eigenvalue weighted by Crippen LogP contribution is 2.41.